The van der Waals surface area contributed by atoms with Gasteiger partial charge in [0.05, 0.1) is 21.3 Å². The molecule has 0 aliphatic rings. The van der Waals surface area contributed by atoms with Crippen molar-refractivity contribution in [3.05, 3.63) is 57.0 Å². The number of nitrogens with zero attached hydrogens (tertiary/aromatic N) is 1. The van der Waals surface area contributed by atoms with Gasteiger partial charge in [0.25, 0.3) is 5.91 Å². The minimum Gasteiger partial charge on any atom is -0.322 e. The summed E-state index contributed by atoms with van der Waals surface area (Å²) in [4.78, 5) is 16.4. The molecule has 3 nitrogen and oxygen atoms in total. The Labute approximate surface area is 132 Å². The lowest BCUT2D eigenvalue weighted by Crippen LogP contribution is -2.12. The van der Waals surface area contributed by atoms with Crippen molar-refractivity contribution in [1.29, 1.82) is 0 Å². The molecule has 100 valence electrons. The molecule has 0 spiro atoms. The number of benzene rings is 2. The van der Waals surface area contributed by atoms with Gasteiger partial charge in [0.1, 0.15) is 0 Å². The molecule has 0 radical (unpaired) electrons. The van der Waals surface area contributed by atoms with E-state index in [1.807, 2.05) is 18.2 Å². The number of nitrogens with one attached hydrogen (secondary N) is 1. The van der Waals surface area contributed by atoms with Gasteiger partial charge in [-0.2, -0.15) is 0 Å². The number of rotatable bonds is 2. The van der Waals surface area contributed by atoms with Gasteiger partial charge in [-0.15, -0.1) is 11.3 Å². The Hall–Kier alpha value is -1.43. The maximum absolute atomic E-state index is 12.2. The van der Waals surface area contributed by atoms with Crippen LogP contribution in [0.4, 0.5) is 5.69 Å². The summed E-state index contributed by atoms with van der Waals surface area (Å²) in [7, 11) is 0. The van der Waals surface area contributed by atoms with E-state index in [1.165, 1.54) is 0 Å². The summed E-state index contributed by atoms with van der Waals surface area (Å²) in [6.07, 6.45) is 0. The molecule has 1 N–H and O–H groups in total. The average molecular weight is 368 g/mol. The molecule has 1 aromatic heterocycles. The third-order valence-electron chi connectivity index (χ3n) is 2.76. The Kier molecular flexibility index (Phi) is 3.74. The monoisotopic (exact) mass is 366 g/mol. The molecule has 3 aromatic rings. The molecule has 6 heteroatoms. The maximum atomic E-state index is 12.2. The maximum Gasteiger partial charge on any atom is 0.256 e. The SMILES string of the molecule is O=C(Nc1ccc2ncsc2c1)c1ccc(Cl)cc1Br. The Bertz CT molecular complexity index is 803. The van der Waals surface area contributed by atoms with E-state index in [2.05, 4.69) is 26.2 Å². The highest BCUT2D eigenvalue weighted by molar-refractivity contribution is 9.10. The zero-order valence-electron chi connectivity index (χ0n) is 10.1. The van der Waals surface area contributed by atoms with Crippen molar-refractivity contribution in [2.45, 2.75) is 0 Å². The van der Waals surface area contributed by atoms with E-state index in [0.29, 0.717) is 15.1 Å². The largest absolute Gasteiger partial charge is 0.322 e. The summed E-state index contributed by atoms with van der Waals surface area (Å²) in [5, 5.41) is 3.45. The number of halogens is 2. The number of hydrogen-bond donors (Lipinski definition) is 1. The molecule has 1 amide bonds. The summed E-state index contributed by atoms with van der Waals surface area (Å²) in [6.45, 7) is 0. The highest BCUT2D eigenvalue weighted by Crippen LogP contribution is 2.25. The molecule has 0 atom stereocenters. The highest BCUT2D eigenvalue weighted by atomic mass is 79.9. The number of hydrogen-bond acceptors (Lipinski definition) is 3. The van der Waals surface area contributed by atoms with E-state index in [1.54, 1.807) is 35.0 Å². The number of anilines is 1. The van der Waals surface area contributed by atoms with Gasteiger partial charge in [-0.3, -0.25) is 4.79 Å². The molecule has 20 heavy (non-hydrogen) atoms. The quantitative estimate of drug-likeness (QED) is 0.695. The molecule has 0 saturated heterocycles. The molecule has 0 bridgehead atoms. The van der Waals surface area contributed by atoms with Gasteiger partial charge in [0.2, 0.25) is 0 Å². The van der Waals surface area contributed by atoms with Crippen molar-refractivity contribution in [2.24, 2.45) is 0 Å². The fraction of sp³-hybridized carbons (Fsp3) is 0. The van der Waals surface area contributed by atoms with Crippen LogP contribution in [0.5, 0.6) is 0 Å². The molecule has 0 fully saturated rings. The smallest absolute Gasteiger partial charge is 0.256 e. The molecule has 1 heterocycles. The Morgan fingerprint density at radius 2 is 2.10 bits per heavy atom. The lowest BCUT2D eigenvalue weighted by atomic mass is 10.2. The van der Waals surface area contributed by atoms with E-state index in [9.17, 15) is 4.79 Å². The lowest BCUT2D eigenvalue weighted by Gasteiger charge is -2.07. The second-order valence-corrected chi connectivity index (χ2v) is 6.29. The number of aromatic nitrogens is 1. The van der Waals surface area contributed by atoms with Gasteiger partial charge >= 0.3 is 0 Å². The Morgan fingerprint density at radius 1 is 1.25 bits per heavy atom. The van der Waals surface area contributed by atoms with Gasteiger partial charge in [-0.25, -0.2) is 4.98 Å². The minimum absolute atomic E-state index is 0.183. The third-order valence-corrected chi connectivity index (χ3v) is 4.45. The van der Waals surface area contributed by atoms with Crippen LogP contribution in [0.1, 0.15) is 10.4 Å². The normalized spacial score (nSPS) is 10.7. The van der Waals surface area contributed by atoms with Crippen LogP contribution in [-0.2, 0) is 0 Å². The third kappa shape index (κ3) is 2.70. The fourth-order valence-electron chi connectivity index (χ4n) is 1.80. The first-order chi connectivity index (χ1) is 9.63. The van der Waals surface area contributed by atoms with E-state index >= 15 is 0 Å². The van der Waals surface area contributed by atoms with Crippen molar-refractivity contribution in [2.75, 3.05) is 5.32 Å². The number of carbonyl (C=O) groups is 1. The molecular weight excluding hydrogens is 360 g/mol. The standard InChI is InChI=1S/C14H8BrClN2OS/c15-11-5-8(16)1-3-10(11)14(19)18-9-2-4-12-13(6-9)20-7-17-12/h1-7H,(H,18,19). The van der Waals surface area contributed by atoms with Crippen LogP contribution in [0.15, 0.2) is 46.4 Å². The molecule has 0 saturated carbocycles. The van der Waals surface area contributed by atoms with Gasteiger partial charge < -0.3 is 5.32 Å². The van der Waals surface area contributed by atoms with Crippen LogP contribution >= 0.6 is 38.9 Å². The van der Waals surface area contributed by atoms with Gasteiger partial charge in [-0.1, -0.05) is 11.6 Å². The Balaban J connectivity index is 1.87. The first-order valence-electron chi connectivity index (χ1n) is 5.73. The van der Waals surface area contributed by atoms with Crippen LogP contribution in [-0.4, -0.2) is 10.9 Å². The molecular formula is C14H8BrClN2OS. The number of thiazole rings is 1. The average Bonchev–Trinajstić information content (AvgIpc) is 2.85. The zero-order valence-corrected chi connectivity index (χ0v) is 13.2. The van der Waals surface area contributed by atoms with E-state index in [0.717, 1.165) is 15.9 Å². The van der Waals surface area contributed by atoms with Crippen molar-refractivity contribution in [3.8, 4) is 0 Å². The first-order valence-corrected chi connectivity index (χ1v) is 7.78. The predicted octanol–water partition coefficient (Wildman–Crippen LogP) is 4.96. The van der Waals surface area contributed by atoms with Crippen molar-refractivity contribution in [3.63, 3.8) is 0 Å². The van der Waals surface area contributed by atoms with Crippen LogP contribution in [0.2, 0.25) is 5.02 Å². The van der Waals surface area contributed by atoms with Crippen molar-refractivity contribution >= 4 is 60.7 Å². The molecule has 0 aliphatic heterocycles. The summed E-state index contributed by atoms with van der Waals surface area (Å²) in [6, 6.07) is 10.7. The fourth-order valence-corrected chi connectivity index (χ4v) is 3.38. The minimum atomic E-state index is -0.183. The van der Waals surface area contributed by atoms with E-state index in [-0.39, 0.29) is 5.91 Å². The van der Waals surface area contributed by atoms with Crippen molar-refractivity contribution in [1.82, 2.24) is 4.98 Å². The summed E-state index contributed by atoms with van der Waals surface area (Å²) in [5.41, 5.74) is 4.00. The highest BCUT2D eigenvalue weighted by Gasteiger charge is 2.11. The number of fused-ring (bicyclic) bond motifs is 1. The molecule has 3 rings (SSSR count). The summed E-state index contributed by atoms with van der Waals surface area (Å²) >= 11 is 10.7. The van der Waals surface area contributed by atoms with Gasteiger partial charge in [0.15, 0.2) is 0 Å². The second-order valence-electron chi connectivity index (χ2n) is 4.11. The zero-order chi connectivity index (χ0) is 14.1. The van der Waals surface area contributed by atoms with Crippen LogP contribution < -0.4 is 5.32 Å². The number of carbonyl (C=O) groups excluding carboxylic acids is 1. The van der Waals surface area contributed by atoms with E-state index in [4.69, 9.17) is 11.6 Å². The van der Waals surface area contributed by atoms with Crippen LogP contribution in [0, 0.1) is 0 Å². The topological polar surface area (TPSA) is 42.0 Å². The Morgan fingerprint density at radius 3 is 2.90 bits per heavy atom. The predicted molar refractivity (Wildman–Crippen MR) is 86.7 cm³/mol. The molecule has 0 unspecified atom stereocenters. The first kappa shape index (κ1) is 13.5. The van der Waals surface area contributed by atoms with E-state index < -0.39 is 0 Å². The van der Waals surface area contributed by atoms with Crippen LogP contribution in [0.25, 0.3) is 10.2 Å². The van der Waals surface area contributed by atoms with Gasteiger partial charge in [0, 0.05) is 15.2 Å². The lowest BCUT2D eigenvalue weighted by molar-refractivity contribution is 0.102. The molecule has 0 aliphatic carbocycles. The summed E-state index contributed by atoms with van der Waals surface area (Å²) in [5.74, 6) is -0.183. The second kappa shape index (κ2) is 5.52. The van der Waals surface area contributed by atoms with Crippen LogP contribution in [0.3, 0.4) is 0 Å². The summed E-state index contributed by atoms with van der Waals surface area (Å²) < 4.78 is 1.71. The molecule has 2 aromatic carbocycles. The van der Waals surface area contributed by atoms with Crippen molar-refractivity contribution < 1.29 is 4.79 Å². The number of amides is 1. The van der Waals surface area contributed by atoms with Gasteiger partial charge in [-0.05, 0) is 52.3 Å².